The number of nitrogens with two attached hydrogens (primary N) is 1. The molecule has 1 aromatic carbocycles. The number of hydrogen-bond acceptors (Lipinski definition) is 4. The first-order valence-corrected chi connectivity index (χ1v) is 6.08. The summed E-state index contributed by atoms with van der Waals surface area (Å²) in [5, 5.41) is 13.4. The molecule has 0 spiro atoms. The van der Waals surface area contributed by atoms with Crippen LogP contribution in [-0.2, 0) is 0 Å². The Labute approximate surface area is 116 Å². The summed E-state index contributed by atoms with van der Waals surface area (Å²) in [6.07, 6.45) is 0. The van der Waals surface area contributed by atoms with Gasteiger partial charge in [0.15, 0.2) is 0 Å². The molecule has 1 amide bonds. The molecule has 0 saturated carbocycles. The molecule has 0 bridgehead atoms. The Kier molecular flexibility index (Phi) is 4.32. The van der Waals surface area contributed by atoms with Gasteiger partial charge in [0.1, 0.15) is 11.5 Å². The third-order valence-electron chi connectivity index (χ3n) is 3.21. The number of nitro benzene ring substituents is 1. The van der Waals surface area contributed by atoms with Gasteiger partial charge in [0, 0.05) is 6.04 Å². The van der Waals surface area contributed by atoms with Crippen LogP contribution in [0.4, 0.5) is 15.8 Å². The number of anilines is 1. The van der Waals surface area contributed by atoms with Gasteiger partial charge in [-0.05, 0) is 18.4 Å². The van der Waals surface area contributed by atoms with Crippen LogP contribution >= 0.6 is 0 Å². The summed E-state index contributed by atoms with van der Waals surface area (Å²) < 4.78 is 13.4. The summed E-state index contributed by atoms with van der Waals surface area (Å²) in [6, 6.07) is 1.38. The summed E-state index contributed by atoms with van der Waals surface area (Å²) in [7, 11) is 0. The number of carbonyl (C=O) groups is 1. The van der Waals surface area contributed by atoms with Gasteiger partial charge in [-0.2, -0.15) is 0 Å². The van der Waals surface area contributed by atoms with Crippen molar-refractivity contribution in [1.82, 2.24) is 5.32 Å². The largest absolute Gasteiger partial charge is 0.393 e. The Bertz CT molecular complexity index is 553. The van der Waals surface area contributed by atoms with Crippen LogP contribution in [0, 0.1) is 21.3 Å². The molecule has 0 aliphatic heterocycles. The Morgan fingerprint density at radius 1 is 1.45 bits per heavy atom. The van der Waals surface area contributed by atoms with Crippen molar-refractivity contribution in [3.63, 3.8) is 0 Å². The van der Waals surface area contributed by atoms with Gasteiger partial charge in [0.05, 0.1) is 16.6 Å². The molecule has 0 saturated heterocycles. The van der Waals surface area contributed by atoms with E-state index >= 15 is 0 Å². The molecule has 6 nitrogen and oxygen atoms in total. The number of rotatable bonds is 3. The summed E-state index contributed by atoms with van der Waals surface area (Å²) >= 11 is 0. The zero-order chi connectivity index (χ0) is 15.7. The number of nitrogens with zero attached hydrogens (tertiary/aromatic N) is 1. The topological polar surface area (TPSA) is 98.3 Å². The molecule has 20 heavy (non-hydrogen) atoms. The molecule has 1 rings (SSSR count). The summed E-state index contributed by atoms with van der Waals surface area (Å²) in [5.41, 5.74) is 4.19. The first-order chi connectivity index (χ1) is 9.04. The van der Waals surface area contributed by atoms with Crippen molar-refractivity contribution in [2.24, 2.45) is 5.41 Å². The van der Waals surface area contributed by atoms with E-state index in [4.69, 9.17) is 5.73 Å². The van der Waals surface area contributed by atoms with E-state index in [1.54, 1.807) is 6.92 Å². The minimum Gasteiger partial charge on any atom is -0.393 e. The van der Waals surface area contributed by atoms with Gasteiger partial charge < -0.3 is 11.1 Å². The molecule has 1 unspecified atom stereocenters. The first-order valence-electron chi connectivity index (χ1n) is 6.08. The summed E-state index contributed by atoms with van der Waals surface area (Å²) in [6.45, 7) is 7.57. The van der Waals surface area contributed by atoms with Crippen molar-refractivity contribution < 1.29 is 14.1 Å². The average Bonchev–Trinajstić information content (AvgIpc) is 2.29. The molecule has 0 fully saturated rings. The van der Waals surface area contributed by atoms with E-state index in [0.717, 1.165) is 6.07 Å². The highest BCUT2D eigenvalue weighted by Gasteiger charge is 2.26. The molecule has 110 valence electrons. The van der Waals surface area contributed by atoms with Gasteiger partial charge in [-0.25, -0.2) is 4.39 Å². The number of hydrogen-bond donors (Lipinski definition) is 2. The van der Waals surface area contributed by atoms with E-state index in [2.05, 4.69) is 5.32 Å². The quantitative estimate of drug-likeness (QED) is 0.505. The smallest absolute Gasteiger partial charge is 0.295 e. The number of nitrogens with one attached hydrogen (secondary N) is 1. The molecule has 1 atom stereocenters. The molecule has 0 aromatic heterocycles. The van der Waals surface area contributed by atoms with E-state index in [9.17, 15) is 19.3 Å². The van der Waals surface area contributed by atoms with Crippen LogP contribution in [0.1, 0.15) is 38.1 Å². The molecule has 3 N–H and O–H groups in total. The van der Waals surface area contributed by atoms with Crippen LogP contribution in [0.25, 0.3) is 0 Å². The number of carbonyl (C=O) groups excluding carboxylic acids is 1. The number of halogens is 1. The molecular weight excluding hydrogens is 265 g/mol. The van der Waals surface area contributed by atoms with Gasteiger partial charge in [-0.15, -0.1) is 0 Å². The van der Waals surface area contributed by atoms with Crippen LogP contribution in [0.3, 0.4) is 0 Å². The second-order valence-corrected chi connectivity index (χ2v) is 5.70. The van der Waals surface area contributed by atoms with Crippen LogP contribution in [0.15, 0.2) is 12.1 Å². The van der Waals surface area contributed by atoms with Crippen molar-refractivity contribution >= 4 is 17.3 Å². The van der Waals surface area contributed by atoms with E-state index in [-0.39, 0.29) is 22.7 Å². The highest BCUT2D eigenvalue weighted by molar-refractivity contribution is 6.01. The van der Waals surface area contributed by atoms with Gasteiger partial charge in [-0.1, -0.05) is 20.8 Å². The number of nitrogen functional groups attached to an aromatic ring is 1. The van der Waals surface area contributed by atoms with E-state index < -0.39 is 22.3 Å². The van der Waals surface area contributed by atoms with E-state index in [1.807, 2.05) is 20.8 Å². The van der Waals surface area contributed by atoms with Crippen molar-refractivity contribution in [3.05, 3.63) is 33.6 Å². The monoisotopic (exact) mass is 283 g/mol. The number of benzene rings is 1. The van der Waals surface area contributed by atoms with Crippen LogP contribution in [0.2, 0.25) is 0 Å². The second-order valence-electron chi connectivity index (χ2n) is 5.70. The lowest BCUT2D eigenvalue weighted by molar-refractivity contribution is -0.384. The SMILES string of the molecule is CC(NC(=O)c1cc(F)cc([N+](=O)[O-])c1N)C(C)(C)C. The van der Waals surface area contributed by atoms with Gasteiger partial charge in [-0.3, -0.25) is 14.9 Å². The molecule has 0 aliphatic rings. The Morgan fingerprint density at radius 3 is 2.45 bits per heavy atom. The fourth-order valence-electron chi connectivity index (χ4n) is 1.43. The minimum absolute atomic E-state index is 0.205. The van der Waals surface area contributed by atoms with Gasteiger partial charge >= 0.3 is 0 Å². The Morgan fingerprint density at radius 2 is 2.00 bits per heavy atom. The first kappa shape index (κ1) is 15.9. The highest BCUT2D eigenvalue weighted by Crippen LogP contribution is 2.27. The lowest BCUT2D eigenvalue weighted by atomic mass is 9.88. The maximum atomic E-state index is 13.4. The molecule has 1 aromatic rings. The maximum Gasteiger partial charge on any atom is 0.295 e. The highest BCUT2D eigenvalue weighted by atomic mass is 19.1. The number of amides is 1. The molecule has 0 radical (unpaired) electrons. The van der Waals surface area contributed by atoms with Gasteiger partial charge in [0.2, 0.25) is 0 Å². The van der Waals surface area contributed by atoms with Crippen molar-refractivity contribution in [1.29, 1.82) is 0 Å². The fourth-order valence-corrected chi connectivity index (χ4v) is 1.43. The zero-order valence-electron chi connectivity index (χ0n) is 11.9. The van der Waals surface area contributed by atoms with E-state index in [1.165, 1.54) is 0 Å². The second kappa shape index (κ2) is 5.44. The van der Waals surface area contributed by atoms with Crippen LogP contribution in [0.5, 0.6) is 0 Å². The Hall–Kier alpha value is -2.18. The predicted molar refractivity (Wildman–Crippen MR) is 73.9 cm³/mol. The maximum absolute atomic E-state index is 13.4. The standard InChI is InChI=1S/C13H18FN3O3/c1-7(13(2,3)4)16-12(18)9-5-8(14)6-10(11(9)15)17(19)20/h5-7H,15H2,1-4H3,(H,16,18). The van der Waals surface area contributed by atoms with Crippen LogP contribution in [-0.4, -0.2) is 16.9 Å². The van der Waals surface area contributed by atoms with Crippen LogP contribution < -0.4 is 11.1 Å². The normalized spacial score (nSPS) is 12.8. The molecule has 7 heteroatoms. The van der Waals surface area contributed by atoms with E-state index in [0.29, 0.717) is 6.07 Å². The third-order valence-corrected chi connectivity index (χ3v) is 3.21. The summed E-state index contributed by atoms with van der Waals surface area (Å²) in [5.74, 6) is -1.51. The molecular formula is C13H18FN3O3. The lowest BCUT2D eigenvalue weighted by Gasteiger charge is -2.28. The predicted octanol–water partition coefficient (Wildman–Crippen LogP) is 2.48. The molecule has 0 heterocycles. The molecule has 0 aliphatic carbocycles. The zero-order valence-corrected chi connectivity index (χ0v) is 11.9. The number of nitro groups is 1. The third kappa shape index (κ3) is 3.43. The Balaban J connectivity index is 3.14. The fraction of sp³-hybridized carbons (Fsp3) is 0.462. The average molecular weight is 283 g/mol. The van der Waals surface area contributed by atoms with Crippen molar-refractivity contribution in [3.8, 4) is 0 Å². The van der Waals surface area contributed by atoms with Crippen molar-refractivity contribution in [2.45, 2.75) is 33.7 Å². The lowest BCUT2D eigenvalue weighted by Crippen LogP contribution is -2.41. The summed E-state index contributed by atoms with van der Waals surface area (Å²) in [4.78, 5) is 22.0. The minimum atomic E-state index is -0.875. The van der Waals surface area contributed by atoms with Gasteiger partial charge in [0.25, 0.3) is 11.6 Å². The van der Waals surface area contributed by atoms with Crippen molar-refractivity contribution in [2.75, 3.05) is 5.73 Å².